The van der Waals surface area contributed by atoms with E-state index in [1.54, 1.807) is 0 Å². The second kappa shape index (κ2) is 8.76. The number of benzene rings is 2. The van der Waals surface area contributed by atoms with Crippen molar-refractivity contribution in [1.82, 2.24) is 10.2 Å². The van der Waals surface area contributed by atoms with Gasteiger partial charge in [-0.25, -0.2) is 9.59 Å². The number of ether oxygens (including phenoxy) is 2. The van der Waals surface area contributed by atoms with Gasteiger partial charge in [0.25, 0.3) is 0 Å². The first-order chi connectivity index (χ1) is 16.5. The summed E-state index contributed by atoms with van der Waals surface area (Å²) in [7, 11) is 1.43. The lowest BCUT2D eigenvalue weighted by molar-refractivity contribution is -0.156. The Balaban J connectivity index is 1.27. The molecule has 2 aromatic carbocycles. The molecule has 0 bridgehead atoms. The van der Waals surface area contributed by atoms with Crippen LogP contribution in [0.2, 0.25) is 0 Å². The van der Waals surface area contributed by atoms with Crippen LogP contribution in [-0.4, -0.2) is 66.4 Å². The molecule has 2 aliphatic carbocycles. The highest BCUT2D eigenvalue weighted by Crippen LogP contribution is 2.54. The van der Waals surface area contributed by atoms with E-state index in [1.807, 2.05) is 36.4 Å². The first-order valence-corrected chi connectivity index (χ1v) is 11.6. The average molecular weight is 465 g/mol. The summed E-state index contributed by atoms with van der Waals surface area (Å²) in [5, 5.41) is 12.4. The molecular weight excluding hydrogens is 436 g/mol. The summed E-state index contributed by atoms with van der Waals surface area (Å²) in [5.41, 5.74) is 3.30. The number of aliphatic carboxylic acids is 1. The Hall–Kier alpha value is -3.39. The van der Waals surface area contributed by atoms with Crippen LogP contribution in [0.3, 0.4) is 0 Å². The van der Waals surface area contributed by atoms with Crippen LogP contribution in [0.5, 0.6) is 0 Å². The van der Waals surface area contributed by atoms with Crippen molar-refractivity contribution in [3.05, 3.63) is 59.7 Å². The number of piperidine rings is 1. The lowest BCUT2D eigenvalue weighted by Crippen LogP contribution is -2.58. The van der Waals surface area contributed by atoms with Gasteiger partial charge in [0, 0.05) is 19.6 Å². The van der Waals surface area contributed by atoms with Gasteiger partial charge in [0.05, 0.1) is 6.61 Å². The Bertz CT molecular complexity index is 1090. The Labute approximate surface area is 197 Å². The van der Waals surface area contributed by atoms with E-state index in [1.165, 1.54) is 12.0 Å². The maximum Gasteiger partial charge on any atom is 0.407 e. The number of carboxylic acid groups (broad SMARTS) is 1. The normalized spacial score (nSPS) is 23.3. The molecule has 5 rings (SSSR count). The van der Waals surface area contributed by atoms with Crippen LogP contribution in [0.1, 0.15) is 36.3 Å². The van der Waals surface area contributed by atoms with Gasteiger partial charge in [-0.2, -0.15) is 0 Å². The molecule has 3 atom stereocenters. The number of carbonyl (C=O) groups excluding carboxylic acids is 2. The van der Waals surface area contributed by atoms with E-state index in [9.17, 15) is 19.5 Å². The third kappa shape index (κ3) is 3.62. The van der Waals surface area contributed by atoms with Crippen LogP contribution >= 0.6 is 0 Å². The number of nitrogens with one attached hydrogen (secondary N) is 1. The molecule has 2 fully saturated rings. The molecule has 1 heterocycles. The van der Waals surface area contributed by atoms with E-state index in [0.717, 1.165) is 35.1 Å². The van der Waals surface area contributed by atoms with Gasteiger partial charge in [-0.3, -0.25) is 4.79 Å². The highest BCUT2D eigenvalue weighted by Gasteiger charge is 2.67. The van der Waals surface area contributed by atoms with Crippen LogP contribution in [0.25, 0.3) is 11.1 Å². The fraction of sp³-hybridized carbons (Fsp3) is 0.423. The smallest absolute Gasteiger partial charge is 0.407 e. The largest absolute Gasteiger partial charge is 0.479 e. The topological polar surface area (TPSA) is 105 Å². The number of likely N-dealkylation sites (tertiary alicyclic amines) is 1. The van der Waals surface area contributed by atoms with Crippen molar-refractivity contribution in [3.63, 3.8) is 0 Å². The lowest BCUT2D eigenvalue weighted by Gasteiger charge is -2.36. The second-order valence-corrected chi connectivity index (χ2v) is 9.24. The number of fused-ring (bicyclic) bond motifs is 4. The quantitative estimate of drug-likeness (QED) is 0.653. The molecular formula is C26H28N2O6. The van der Waals surface area contributed by atoms with Gasteiger partial charge in [-0.15, -0.1) is 0 Å². The van der Waals surface area contributed by atoms with Gasteiger partial charge in [0.2, 0.25) is 5.91 Å². The molecule has 178 valence electrons. The third-order valence-corrected chi connectivity index (χ3v) is 7.39. The minimum Gasteiger partial charge on any atom is -0.479 e. The zero-order valence-electron chi connectivity index (χ0n) is 19.0. The van der Waals surface area contributed by atoms with Gasteiger partial charge in [-0.1, -0.05) is 48.5 Å². The first-order valence-electron chi connectivity index (χ1n) is 11.6. The second-order valence-electron chi connectivity index (χ2n) is 9.24. The van der Waals surface area contributed by atoms with Gasteiger partial charge in [0.1, 0.15) is 18.2 Å². The summed E-state index contributed by atoms with van der Waals surface area (Å²) in [5.74, 6) is -1.55. The number of hydrogen-bond acceptors (Lipinski definition) is 5. The molecule has 0 unspecified atom stereocenters. The number of carboxylic acids is 1. The maximum absolute atomic E-state index is 13.3. The fourth-order valence-electron chi connectivity index (χ4n) is 5.68. The van der Waals surface area contributed by atoms with Gasteiger partial charge >= 0.3 is 12.1 Å². The van der Waals surface area contributed by atoms with Crippen molar-refractivity contribution < 1.29 is 29.0 Å². The van der Waals surface area contributed by atoms with Crippen LogP contribution < -0.4 is 5.32 Å². The van der Waals surface area contributed by atoms with Crippen LogP contribution in [0.4, 0.5) is 4.79 Å². The number of amides is 2. The van der Waals surface area contributed by atoms with E-state index in [0.29, 0.717) is 13.0 Å². The maximum atomic E-state index is 13.3. The molecule has 0 radical (unpaired) electrons. The molecule has 34 heavy (non-hydrogen) atoms. The van der Waals surface area contributed by atoms with Crippen molar-refractivity contribution in [3.8, 4) is 11.1 Å². The summed E-state index contributed by atoms with van der Waals surface area (Å²) in [4.78, 5) is 39.4. The van der Waals surface area contributed by atoms with Crippen molar-refractivity contribution >= 4 is 18.0 Å². The Morgan fingerprint density at radius 2 is 1.76 bits per heavy atom. The van der Waals surface area contributed by atoms with E-state index < -0.39 is 29.6 Å². The van der Waals surface area contributed by atoms with Crippen molar-refractivity contribution in [2.45, 2.75) is 36.8 Å². The summed E-state index contributed by atoms with van der Waals surface area (Å²) >= 11 is 0. The Morgan fingerprint density at radius 1 is 1.12 bits per heavy atom. The number of carbonyl (C=O) groups is 3. The highest BCUT2D eigenvalue weighted by atomic mass is 16.5. The van der Waals surface area contributed by atoms with Gasteiger partial charge in [0.15, 0.2) is 0 Å². The molecule has 2 aromatic rings. The van der Waals surface area contributed by atoms with Crippen LogP contribution in [-0.2, 0) is 19.1 Å². The minimum atomic E-state index is -1.15. The van der Waals surface area contributed by atoms with E-state index in [-0.39, 0.29) is 25.0 Å². The molecule has 0 aromatic heterocycles. The third-order valence-electron chi connectivity index (χ3n) is 7.39. The zero-order chi connectivity index (χ0) is 23.9. The lowest BCUT2D eigenvalue weighted by atomic mass is 9.98. The molecule has 1 saturated carbocycles. The Kier molecular flexibility index (Phi) is 5.77. The molecule has 2 amide bonds. The number of alkyl carbamates (subject to hydrolysis) is 1. The molecule has 8 nitrogen and oxygen atoms in total. The van der Waals surface area contributed by atoms with Crippen molar-refractivity contribution in [1.29, 1.82) is 0 Å². The molecule has 8 heteroatoms. The summed E-state index contributed by atoms with van der Waals surface area (Å²) in [6.45, 7) is 0.409. The zero-order valence-corrected chi connectivity index (χ0v) is 19.0. The summed E-state index contributed by atoms with van der Waals surface area (Å²) < 4.78 is 10.7. The first kappa shape index (κ1) is 22.4. The number of rotatable bonds is 7. The van der Waals surface area contributed by atoms with Crippen molar-refractivity contribution in [2.24, 2.45) is 5.92 Å². The van der Waals surface area contributed by atoms with Gasteiger partial charge in [-0.05, 0) is 47.4 Å². The predicted molar refractivity (Wildman–Crippen MR) is 123 cm³/mol. The summed E-state index contributed by atoms with van der Waals surface area (Å²) in [6, 6.07) is 15.1. The standard InChI is InChI=1S/C26H28N2O6/c1-33-15-22(23(29)28-12-6-7-16-13-26(16,28)24(30)31)27-25(32)34-14-21-19-10-4-2-8-17(19)18-9-3-5-11-20(18)21/h2-5,8-11,16,21-22H,6-7,12-15H2,1H3,(H,27,32)(H,30,31)/t16-,22-,26+/m0/s1. The number of nitrogens with zero attached hydrogens (tertiary/aromatic N) is 1. The Morgan fingerprint density at radius 3 is 2.38 bits per heavy atom. The number of methoxy groups -OCH3 is 1. The minimum absolute atomic E-state index is 0.0275. The van der Waals surface area contributed by atoms with E-state index >= 15 is 0 Å². The average Bonchev–Trinajstić information content (AvgIpc) is 3.53. The summed E-state index contributed by atoms with van der Waals surface area (Å²) in [6.07, 6.45) is 1.27. The van der Waals surface area contributed by atoms with Crippen molar-refractivity contribution in [2.75, 3.05) is 26.9 Å². The molecule has 0 spiro atoms. The highest BCUT2D eigenvalue weighted by molar-refractivity contribution is 5.94. The molecule has 3 aliphatic rings. The molecule has 1 saturated heterocycles. The predicted octanol–water partition coefficient (Wildman–Crippen LogP) is 3.01. The molecule has 2 N–H and O–H groups in total. The van der Waals surface area contributed by atoms with Crippen LogP contribution in [0, 0.1) is 5.92 Å². The van der Waals surface area contributed by atoms with E-state index in [2.05, 4.69) is 17.4 Å². The van der Waals surface area contributed by atoms with E-state index in [4.69, 9.17) is 9.47 Å². The van der Waals surface area contributed by atoms with Gasteiger partial charge < -0.3 is 24.8 Å². The van der Waals surface area contributed by atoms with Crippen LogP contribution in [0.15, 0.2) is 48.5 Å². The monoisotopic (exact) mass is 464 g/mol. The molecule has 1 aliphatic heterocycles. The SMILES string of the molecule is COC[C@H](NC(=O)OCC1c2ccccc2-c2ccccc21)C(=O)N1CCC[C@H]2C[C@]21C(=O)O. The number of hydrogen-bond donors (Lipinski definition) is 2. The fourth-order valence-corrected chi connectivity index (χ4v) is 5.68.